The van der Waals surface area contributed by atoms with E-state index in [9.17, 15) is 0 Å². The zero-order valence-electron chi connectivity index (χ0n) is 14.4. The Morgan fingerprint density at radius 3 is 2.80 bits per heavy atom. The van der Waals surface area contributed by atoms with Crippen LogP contribution < -0.4 is 10.6 Å². The molecule has 0 aliphatic heterocycles. The van der Waals surface area contributed by atoms with E-state index in [1.165, 1.54) is 5.56 Å². The normalized spacial score (nSPS) is 12.8. The third-order valence-corrected chi connectivity index (χ3v) is 3.80. The van der Waals surface area contributed by atoms with Gasteiger partial charge in [-0.15, -0.1) is 0 Å². The van der Waals surface area contributed by atoms with E-state index in [4.69, 9.17) is 4.42 Å². The molecule has 0 saturated carbocycles. The van der Waals surface area contributed by atoms with Crippen LogP contribution in [0.4, 0.5) is 0 Å². The fourth-order valence-corrected chi connectivity index (χ4v) is 2.45. The Kier molecular flexibility index (Phi) is 5.46. The molecule has 0 amide bonds. The lowest BCUT2D eigenvalue weighted by Crippen LogP contribution is -2.39. The van der Waals surface area contributed by atoms with Crippen molar-refractivity contribution in [2.45, 2.75) is 19.4 Å². The van der Waals surface area contributed by atoms with Crippen LogP contribution in [0.15, 0.2) is 58.1 Å². The van der Waals surface area contributed by atoms with Crippen molar-refractivity contribution in [1.29, 1.82) is 0 Å². The number of nitrogens with one attached hydrogen (secondary N) is 3. The van der Waals surface area contributed by atoms with Gasteiger partial charge in [0.15, 0.2) is 11.7 Å². The van der Waals surface area contributed by atoms with E-state index in [2.05, 4.69) is 49.9 Å². The van der Waals surface area contributed by atoms with Crippen molar-refractivity contribution in [3.8, 4) is 11.6 Å². The number of aliphatic imine (C=N–C) groups is 1. The molecule has 0 aliphatic rings. The summed E-state index contributed by atoms with van der Waals surface area (Å²) in [5.74, 6) is 2.78. The van der Waals surface area contributed by atoms with Crippen molar-refractivity contribution in [1.82, 2.24) is 25.8 Å². The lowest BCUT2D eigenvalue weighted by atomic mass is 10.1. The van der Waals surface area contributed by atoms with Crippen LogP contribution in [-0.4, -0.2) is 34.7 Å². The molecule has 0 saturated heterocycles. The fraction of sp³-hybridized carbons (Fsp3) is 0.278. The summed E-state index contributed by atoms with van der Waals surface area (Å²) in [7, 11) is 1.76. The number of H-pyrrole nitrogens is 1. The standard InChI is InChI=1S/C18H22N6O/c1-13(14-7-4-3-5-8-14)21-18(19-2)20-11-10-16-22-17(24-23-16)15-9-6-12-25-15/h3-9,12-13H,10-11H2,1-2H3,(H2,19,20,21)(H,22,23,24). The molecule has 2 aromatic heterocycles. The van der Waals surface area contributed by atoms with E-state index in [0.29, 0.717) is 24.6 Å². The molecule has 0 bridgehead atoms. The molecule has 0 aliphatic carbocycles. The van der Waals surface area contributed by atoms with Gasteiger partial charge in [0, 0.05) is 20.0 Å². The predicted molar refractivity (Wildman–Crippen MR) is 97.1 cm³/mol. The van der Waals surface area contributed by atoms with E-state index in [0.717, 1.165) is 11.8 Å². The van der Waals surface area contributed by atoms with Crippen LogP contribution in [0.5, 0.6) is 0 Å². The highest BCUT2D eigenvalue weighted by Crippen LogP contribution is 2.14. The second-order valence-electron chi connectivity index (χ2n) is 5.61. The molecule has 3 N–H and O–H groups in total. The van der Waals surface area contributed by atoms with E-state index in [1.54, 1.807) is 13.3 Å². The monoisotopic (exact) mass is 338 g/mol. The molecule has 25 heavy (non-hydrogen) atoms. The lowest BCUT2D eigenvalue weighted by molar-refractivity contribution is 0.577. The number of furan rings is 1. The van der Waals surface area contributed by atoms with Gasteiger partial charge >= 0.3 is 0 Å². The number of benzene rings is 1. The number of guanidine groups is 1. The van der Waals surface area contributed by atoms with Crippen molar-refractivity contribution < 1.29 is 4.42 Å². The highest BCUT2D eigenvalue weighted by molar-refractivity contribution is 5.80. The molecule has 3 rings (SSSR count). The van der Waals surface area contributed by atoms with E-state index >= 15 is 0 Å². The van der Waals surface area contributed by atoms with Crippen molar-refractivity contribution in [3.05, 3.63) is 60.1 Å². The van der Waals surface area contributed by atoms with Crippen molar-refractivity contribution in [2.24, 2.45) is 4.99 Å². The van der Waals surface area contributed by atoms with E-state index in [1.807, 2.05) is 30.3 Å². The minimum atomic E-state index is 0.170. The van der Waals surface area contributed by atoms with Gasteiger partial charge in [0.25, 0.3) is 0 Å². The van der Waals surface area contributed by atoms with Crippen molar-refractivity contribution in [2.75, 3.05) is 13.6 Å². The number of rotatable bonds is 6. The number of hydrogen-bond acceptors (Lipinski definition) is 4. The Morgan fingerprint density at radius 2 is 2.08 bits per heavy atom. The predicted octanol–water partition coefficient (Wildman–Crippen LogP) is 2.53. The van der Waals surface area contributed by atoms with Gasteiger partial charge in [-0.1, -0.05) is 30.3 Å². The first-order chi connectivity index (χ1) is 12.3. The quantitative estimate of drug-likeness (QED) is 0.474. The third kappa shape index (κ3) is 4.47. The molecule has 1 unspecified atom stereocenters. The summed E-state index contributed by atoms with van der Waals surface area (Å²) in [6, 6.07) is 14.1. The van der Waals surface area contributed by atoms with Crippen LogP contribution >= 0.6 is 0 Å². The number of aromatic amines is 1. The summed E-state index contributed by atoms with van der Waals surface area (Å²) < 4.78 is 5.29. The average molecular weight is 338 g/mol. The molecule has 7 nitrogen and oxygen atoms in total. The molecular formula is C18H22N6O. The molecule has 1 atom stereocenters. The Hall–Kier alpha value is -3.09. The molecule has 2 heterocycles. The minimum absolute atomic E-state index is 0.170. The summed E-state index contributed by atoms with van der Waals surface area (Å²) in [5, 5.41) is 13.8. The molecular weight excluding hydrogens is 316 g/mol. The van der Waals surface area contributed by atoms with Crippen molar-refractivity contribution >= 4 is 5.96 Å². The molecule has 3 aromatic rings. The molecule has 0 radical (unpaired) electrons. The van der Waals surface area contributed by atoms with Crippen LogP contribution in [0.2, 0.25) is 0 Å². The van der Waals surface area contributed by atoms with Gasteiger partial charge in [-0.25, -0.2) is 4.98 Å². The summed E-state index contributed by atoms with van der Waals surface area (Å²) in [6.45, 7) is 2.79. The Bertz CT molecular complexity index is 794. The fourth-order valence-electron chi connectivity index (χ4n) is 2.45. The largest absolute Gasteiger partial charge is 0.461 e. The number of hydrogen-bond donors (Lipinski definition) is 3. The highest BCUT2D eigenvalue weighted by Gasteiger charge is 2.09. The van der Waals surface area contributed by atoms with Gasteiger partial charge in [-0.05, 0) is 24.6 Å². The molecule has 1 aromatic carbocycles. The van der Waals surface area contributed by atoms with Gasteiger partial charge in [0.05, 0.1) is 12.3 Å². The van der Waals surface area contributed by atoms with Crippen LogP contribution in [-0.2, 0) is 6.42 Å². The molecule has 130 valence electrons. The van der Waals surface area contributed by atoms with Gasteiger partial charge in [-0.3, -0.25) is 10.1 Å². The van der Waals surface area contributed by atoms with Crippen molar-refractivity contribution in [3.63, 3.8) is 0 Å². The molecule has 7 heteroatoms. The first-order valence-electron chi connectivity index (χ1n) is 8.23. The van der Waals surface area contributed by atoms with Crippen LogP contribution in [0.1, 0.15) is 24.4 Å². The SMILES string of the molecule is CN=C(NCCc1nc(-c2ccco2)n[nH]1)NC(C)c1ccccc1. The minimum Gasteiger partial charge on any atom is -0.461 e. The summed E-state index contributed by atoms with van der Waals surface area (Å²) >= 11 is 0. The molecule has 0 fully saturated rings. The van der Waals surface area contributed by atoms with E-state index < -0.39 is 0 Å². The first kappa shape index (κ1) is 16.8. The second-order valence-corrected chi connectivity index (χ2v) is 5.61. The Balaban J connectivity index is 1.49. The number of aromatic nitrogens is 3. The van der Waals surface area contributed by atoms with Crippen LogP contribution in [0.3, 0.4) is 0 Å². The third-order valence-electron chi connectivity index (χ3n) is 3.80. The highest BCUT2D eigenvalue weighted by atomic mass is 16.3. The zero-order chi connectivity index (χ0) is 17.5. The summed E-state index contributed by atoms with van der Waals surface area (Å²) in [5.41, 5.74) is 1.21. The van der Waals surface area contributed by atoms with Crippen LogP contribution in [0.25, 0.3) is 11.6 Å². The summed E-state index contributed by atoms with van der Waals surface area (Å²) in [6.07, 6.45) is 2.31. The van der Waals surface area contributed by atoms with E-state index in [-0.39, 0.29) is 6.04 Å². The van der Waals surface area contributed by atoms with Gasteiger partial charge in [0.2, 0.25) is 5.82 Å². The van der Waals surface area contributed by atoms with Gasteiger partial charge in [-0.2, -0.15) is 5.10 Å². The van der Waals surface area contributed by atoms with Gasteiger partial charge < -0.3 is 15.1 Å². The maximum Gasteiger partial charge on any atom is 0.216 e. The topological polar surface area (TPSA) is 91.1 Å². The van der Waals surface area contributed by atoms with Crippen LogP contribution in [0, 0.1) is 0 Å². The Labute approximate surface area is 146 Å². The maximum atomic E-state index is 5.29. The van der Waals surface area contributed by atoms with Gasteiger partial charge in [0.1, 0.15) is 5.82 Å². The number of nitrogens with zero attached hydrogens (tertiary/aromatic N) is 3. The zero-order valence-corrected chi connectivity index (χ0v) is 14.4. The Morgan fingerprint density at radius 1 is 1.24 bits per heavy atom. The average Bonchev–Trinajstić information content (AvgIpc) is 3.33. The molecule has 0 spiro atoms. The first-order valence-corrected chi connectivity index (χ1v) is 8.23. The maximum absolute atomic E-state index is 5.29. The lowest BCUT2D eigenvalue weighted by Gasteiger charge is -2.18. The smallest absolute Gasteiger partial charge is 0.216 e. The second kappa shape index (κ2) is 8.14. The summed E-state index contributed by atoms with van der Waals surface area (Å²) in [4.78, 5) is 8.69.